The molecule has 2 N–H and O–H groups in total. The molecule has 1 atom stereocenters. The Labute approximate surface area is 176 Å². The number of nitrogens with zero attached hydrogens (tertiary/aromatic N) is 1. The van der Waals surface area contributed by atoms with Gasteiger partial charge in [0.2, 0.25) is 5.91 Å². The first-order valence-corrected chi connectivity index (χ1v) is 12.2. The van der Waals surface area contributed by atoms with Crippen molar-refractivity contribution in [2.24, 2.45) is 0 Å². The van der Waals surface area contributed by atoms with Crippen molar-refractivity contribution < 1.29 is 13.2 Å². The van der Waals surface area contributed by atoms with E-state index in [0.29, 0.717) is 17.8 Å². The van der Waals surface area contributed by atoms with Gasteiger partial charge in [0, 0.05) is 28.8 Å². The third-order valence-electron chi connectivity index (χ3n) is 5.12. The van der Waals surface area contributed by atoms with Gasteiger partial charge in [-0.3, -0.25) is 14.4 Å². The van der Waals surface area contributed by atoms with Crippen LogP contribution in [-0.2, 0) is 21.4 Å². The molecule has 2 aliphatic heterocycles. The van der Waals surface area contributed by atoms with E-state index >= 15 is 0 Å². The molecule has 2 aliphatic rings. The Morgan fingerprint density at radius 1 is 1.17 bits per heavy atom. The first kappa shape index (κ1) is 20.3. The third-order valence-corrected chi connectivity index (χ3v) is 7.68. The Morgan fingerprint density at radius 3 is 2.76 bits per heavy atom. The van der Waals surface area contributed by atoms with Crippen LogP contribution in [0.2, 0.25) is 0 Å². The van der Waals surface area contributed by atoms with Gasteiger partial charge in [0.25, 0.3) is 10.0 Å². The van der Waals surface area contributed by atoms with Crippen LogP contribution >= 0.6 is 11.8 Å². The highest BCUT2D eigenvalue weighted by atomic mass is 32.2. The lowest BCUT2D eigenvalue weighted by molar-refractivity contribution is -0.116. The molecule has 4 rings (SSSR count). The number of carbonyl (C=O) groups is 1. The van der Waals surface area contributed by atoms with Crippen molar-refractivity contribution in [3.05, 3.63) is 48.0 Å². The number of fused-ring (bicyclic) bond motifs is 1. The number of thioether (sulfide) groups is 1. The van der Waals surface area contributed by atoms with E-state index < -0.39 is 10.0 Å². The highest BCUT2D eigenvalue weighted by Gasteiger charge is 2.22. The number of hydrogen-bond acceptors (Lipinski definition) is 5. The fourth-order valence-corrected chi connectivity index (χ4v) is 5.87. The van der Waals surface area contributed by atoms with Crippen molar-refractivity contribution in [3.8, 4) is 0 Å². The Balaban J connectivity index is 1.54. The molecule has 0 spiro atoms. The number of anilines is 2. The van der Waals surface area contributed by atoms with Gasteiger partial charge in [-0.25, -0.2) is 8.42 Å². The smallest absolute Gasteiger partial charge is 0.261 e. The lowest BCUT2D eigenvalue weighted by atomic mass is 10.2. The molecule has 154 valence electrons. The Bertz CT molecular complexity index is 1020. The summed E-state index contributed by atoms with van der Waals surface area (Å²) in [6.45, 7) is 5.00. The molecule has 1 fully saturated rings. The first-order chi connectivity index (χ1) is 13.9. The van der Waals surface area contributed by atoms with Gasteiger partial charge < -0.3 is 5.32 Å². The maximum atomic E-state index is 12.9. The largest absolute Gasteiger partial charge is 0.325 e. The quantitative estimate of drug-likeness (QED) is 0.751. The van der Waals surface area contributed by atoms with Crippen molar-refractivity contribution in [2.45, 2.75) is 47.8 Å². The molecular weight excluding hydrogens is 406 g/mol. The third kappa shape index (κ3) is 4.94. The van der Waals surface area contributed by atoms with Gasteiger partial charge in [-0.15, -0.1) is 11.8 Å². The lowest BCUT2D eigenvalue weighted by Crippen LogP contribution is -2.18. The number of benzene rings is 2. The molecule has 0 radical (unpaired) electrons. The van der Waals surface area contributed by atoms with E-state index in [1.165, 1.54) is 18.9 Å². The zero-order valence-electron chi connectivity index (χ0n) is 16.3. The molecule has 6 nitrogen and oxygen atoms in total. The summed E-state index contributed by atoms with van der Waals surface area (Å²) in [4.78, 5) is 15.4. The molecule has 1 amide bonds. The van der Waals surface area contributed by atoms with Gasteiger partial charge >= 0.3 is 0 Å². The molecular formula is C21H25N3O3S2. The molecule has 0 bridgehead atoms. The van der Waals surface area contributed by atoms with Crippen LogP contribution in [0.4, 0.5) is 11.4 Å². The van der Waals surface area contributed by atoms with Gasteiger partial charge in [0.15, 0.2) is 0 Å². The van der Waals surface area contributed by atoms with Crippen LogP contribution in [0.1, 0.15) is 31.7 Å². The zero-order chi connectivity index (χ0) is 20.4. The highest BCUT2D eigenvalue weighted by Crippen LogP contribution is 2.36. The average Bonchev–Trinajstić information content (AvgIpc) is 3.10. The van der Waals surface area contributed by atoms with Crippen molar-refractivity contribution in [2.75, 3.05) is 23.1 Å². The number of carbonyl (C=O) groups excluding carboxylic acids is 1. The predicted molar refractivity (Wildman–Crippen MR) is 117 cm³/mol. The summed E-state index contributed by atoms with van der Waals surface area (Å²) in [7, 11) is -3.76. The van der Waals surface area contributed by atoms with Crippen LogP contribution < -0.4 is 10.0 Å². The summed E-state index contributed by atoms with van der Waals surface area (Å²) in [5.41, 5.74) is 2.19. The maximum Gasteiger partial charge on any atom is 0.261 e. The number of rotatable bonds is 5. The molecule has 1 saturated heterocycles. The molecule has 0 aliphatic carbocycles. The number of nitrogens with one attached hydrogen (secondary N) is 2. The van der Waals surface area contributed by atoms with Gasteiger partial charge in [-0.05, 0) is 61.8 Å². The van der Waals surface area contributed by atoms with E-state index in [1.807, 2.05) is 25.1 Å². The van der Waals surface area contributed by atoms with Crippen LogP contribution in [0, 0.1) is 0 Å². The number of hydrogen-bond donors (Lipinski definition) is 2. The fourth-order valence-electron chi connectivity index (χ4n) is 3.74. The summed E-state index contributed by atoms with van der Waals surface area (Å²) < 4.78 is 28.5. The Hall–Kier alpha value is -2.03. The first-order valence-electron chi connectivity index (χ1n) is 9.84. The second-order valence-electron chi connectivity index (χ2n) is 7.63. The topological polar surface area (TPSA) is 78.5 Å². The molecule has 2 aromatic rings. The van der Waals surface area contributed by atoms with Crippen molar-refractivity contribution >= 4 is 39.1 Å². The molecule has 2 aromatic carbocycles. The summed E-state index contributed by atoms with van der Waals surface area (Å²) in [6.07, 6.45) is 2.85. The van der Waals surface area contributed by atoms with Crippen LogP contribution in [0.15, 0.2) is 52.3 Å². The van der Waals surface area contributed by atoms with E-state index in [-0.39, 0.29) is 16.1 Å². The van der Waals surface area contributed by atoms with E-state index in [0.717, 1.165) is 30.1 Å². The fraction of sp³-hybridized carbons (Fsp3) is 0.381. The van der Waals surface area contributed by atoms with Gasteiger partial charge in [0.1, 0.15) is 0 Å². The second-order valence-corrected chi connectivity index (χ2v) is 10.8. The van der Waals surface area contributed by atoms with Crippen molar-refractivity contribution in [3.63, 3.8) is 0 Å². The molecule has 0 saturated carbocycles. The maximum absolute atomic E-state index is 12.9. The summed E-state index contributed by atoms with van der Waals surface area (Å²) in [5.74, 6) is -0.0964. The Morgan fingerprint density at radius 2 is 1.97 bits per heavy atom. The SMILES string of the molecule is C[C@H]1CC(=O)Nc2cc(S(=O)(=O)Nc3cccc(CN4CCCC4)c3)ccc2S1. The molecule has 0 aromatic heterocycles. The summed E-state index contributed by atoms with van der Waals surface area (Å²) in [5, 5.41) is 2.97. The monoisotopic (exact) mass is 431 g/mol. The molecule has 2 heterocycles. The second kappa shape index (κ2) is 8.38. The highest BCUT2D eigenvalue weighted by molar-refractivity contribution is 8.00. The van der Waals surface area contributed by atoms with E-state index in [9.17, 15) is 13.2 Å². The van der Waals surface area contributed by atoms with Crippen LogP contribution in [0.25, 0.3) is 0 Å². The average molecular weight is 432 g/mol. The van der Waals surface area contributed by atoms with E-state index in [2.05, 4.69) is 14.9 Å². The van der Waals surface area contributed by atoms with Gasteiger partial charge in [-0.1, -0.05) is 19.1 Å². The molecule has 0 unspecified atom stereocenters. The summed E-state index contributed by atoms with van der Waals surface area (Å²) in [6, 6.07) is 12.4. The minimum absolute atomic E-state index is 0.0964. The van der Waals surface area contributed by atoms with Crippen LogP contribution in [-0.4, -0.2) is 37.6 Å². The van der Waals surface area contributed by atoms with E-state index in [1.54, 1.807) is 30.0 Å². The zero-order valence-corrected chi connectivity index (χ0v) is 18.0. The van der Waals surface area contributed by atoms with E-state index in [4.69, 9.17) is 0 Å². The lowest BCUT2D eigenvalue weighted by Gasteiger charge is -2.16. The minimum atomic E-state index is -3.76. The van der Waals surface area contributed by atoms with Gasteiger partial charge in [-0.2, -0.15) is 0 Å². The van der Waals surface area contributed by atoms with Crippen molar-refractivity contribution in [1.82, 2.24) is 4.90 Å². The Kier molecular flexibility index (Phi) is 5.85. The number of likely N-dealkylation sites (tertiary alicyclic amines) is 1. The summed E-state index contributed by atoms with van der Waals surface area (Å²) >= 11 is 1.57. The van der Waals surface area contributed by atoms with Crippen LogP contribution in [0.3, 0.4) is 0 Å². The molecule has 29 heavy (non-hydrogen) atoms. The van der Waals surface area contributed by atoms with Gasteiger partial charge in [0.05, 0.1) is 10.6 Å². The molecule has 8 heteroatoms. The van der Waals surface area contributed by atoms with Crippen molar-refractivity contribution in [1.29, 1.82) is 0 Å². The normalized spacial score (nSPS) is 20.0. The number of amides is 1. The van der Waals surface area contributed by atoms with Crippen LogP contribution in [0.5, 0.6) is 0 Å². The predicted octanol–water partition coefficient (Wildman–Crippen LogP) is 3.91. The minimum Gasteiger partial charge on any atom is -0.325 e. The standard InChI is InChI=1S/C21H25N3O3S2/c1-15-11-21(25)22-19-13-18(7-8-20(19)28-15)29(26,27)23-17-6-4-5-16(12-17)14-24-9-2-3-10-24/h4-8,12-13,15,23H,2-3,9-11,14H2,1H3,(H,22,25)/t15-/m0/s1. The number of sulfonamides is 1.